The molecule has 5 aromatic rings. The van der Waals surface area contributed by atoms with Gasteiger partial charge in [0, 0.05) is 62.2 Å². The number of fused-ring (bicyclic) bond motifs is 4. The van der Waals surface area contributed by atoms with Gasteiger partial charge < -0.3 is 18.3 Å². The highest BCUT2D eigenvalue weighted by molar-refractivity contribution is 7.84. The molecule has 8 rings (SSSR count). The predicted molar refractivity (Wildman–Crippen MR) is 197 cm³/mol. The molecule has 3 aliphatic rings. The fraction of sp³-hybridized carbons (Fsp3) is 0.333. The summed E-state index contributed by atoms with van der Waals surface area (Å²) >= 11 is 12.9. The van der Waals surface area contributed by atoms with E-state index in [-0.39, 0.29) is 17.1 Å². The van der Waals surface area contributed by atoms with Crippen molar-refractivity contribution in [2.24, 2.45) is 0 Å². The number of benzene rings is 4. The number of quaternary nitrogens is 1. The first kappa shape index (κ1) is 36.1. The minimum absolute atomic E-state index is 0.139. The quantitative estimate of drug-likeness (QED) is 0.0823. The number of imidazole rings is 1. The number of carbonyl (C=O) groups is 1. The molecule has 1 unspecified atom stereocenters. The van der Waals surface area contributed by atoms with Gasteiger partial charge in [0.1, 0.15) is 5.75 Å². The summed E-state index contributed by atoms with van der Waals surface area (Å²) in [5.41, 5.74) is 3.44. The average Bonchev–Trinajstić information content (AvgIpc) is 3.59. The first-order valence-corrected chi connectivity index (χ1v) is 19.3. The highest BCUT2D eigenvalue weighted by Gasteiger charge is 2.49. The summed E-state index contributed by atoms with van der Waals surface area (Å²) in [6.45, 7) is 5.30. The number of ether oxygens (including phenoxy) is 1. The van der Waals surface area contributed by atoms with E-state index >= 15 is 0 Å². The number of carbonyl (C=O) groups excluding carboxylic acids is 1. The molecule has 2 bridgehead atoms. The molecule has 0 spiro atoms. The second-order valence-electron chi connectivity index (χ2n) is 13.6. The number of rotatable bonds is 10. The third-order valence-corrected chi connectivity index (χ3v) is 11.3. The van der Waals surface area contributed by atoms with Gasteiger partial charge in [0.05, 0.1) is 59.0 Å². The number of piperidine rings is 3. The van der Waals surface area contributed by atoms with Crippen molar-refractivity contribution in [2.75, 3.05) is 39.5 Å². The lowest BCUT2D eigenvalue weighted by Crippen LogP contribution is -2.63. The first-order valence-electron chi connectivity index (χ1n) is 16.8. The van der Waals surface area contributed by atoms with Gasteiger partial charge in [-0.05, 0) is 46.2 Å². The molecule has 4 heterocycles. The Kier molecular flexibility index (Phi) is 10.7. The van der Waals surface area contributed by atoms with Crippen molar-refractivity contribution in [2.45, 2.75) is 43.6 Å². The Morgan fingerprint density at radius 3 is 2.28 bits per heavy atom. The molecule has 1 aromatic heterocycles. The lowest BCUT2D eigenvalue weighted by molar-refractivity contribution is -0.943. The molecule has 1 atom stereocenters. The van der Waals surface area contributed by atoms with Crippen LogP contribution in [0.5, 0.6) is 5.75 Å². The third kappa shape index (κ3) is 8.08. The molecule has 0 aliphatic carbocycles. The summed E-state index contributed by atoms with van der Waals surface area (Å²) in [4.78, 5) is 18.1. The Morgan fingerprint density at radius 1 is 0.940 bits per heavy atom. The number of methoxy groups -OCH3 is 1. The second-order valence-corrected chi connectivity index (χ2v) is 15.8. The van der Waals surface area contributed by atoms with E-state index in [1.165, 1.54) is 55.2 Å². The highest BCUT2D eigenvalue weighted by Crippen LogP contribution is 2.47. The topological polar surface area (TPSA) is 101 Å². The zero-order valence-corrected chi connectivity index (χ0v) is 30.6. The van der Waals surface area contributed by atoms with Crippen LogP contribution in [0.15, 0.2) is 97.3 Å². The molecule has 3 fully saturated rings. The monoisotopic (exact) mass is 733 g/mol. The van der Waals surface area contributed by atoms with Gasteiger partial charge in [-0.15, -0.1) is 0 Å². The molecule has 0 N–H and O–H groups in total. The molecule has 8 nitrogen and oxygen atoms in total. The van der Waals surface area contributed by atoms with Crippen molar-refractivity contribution < 1.29 is 27.0 Å². The van der Waals surface area contributed by atoms with Crippen molar-refractivity contribution in [1.29, 1.82) is 0 Å². The van der Waals surface area contributed by atoms with Gasteiger partial charge in [0.15, 0.2) is 5.82 Å². The van der Waals surface area contributed by atoms with E-state index in [0.29, 0.717) is 40.0 Å². The van der Waals surface area contributed by atoms with Crippen LogP contribution in [0.25, 0.3) is 10.8 Å². The number of hydrogen-bond acceptors (Lipinski definition) is 6. The molecule has 3 saturated heterocycles. The van der Waals surface area contributed by atoms with Gasteiger partial charge in [0.2, 0.25) is 5.78 Å². The van der Waals surface area contributed by atoms with E-state index in [0.717, 1.165) is 23.0 Å². The van der Waals surface area contributed by atoms with Crippen LogP contribution in [0.2, 0.25) is 10.0 Å². The predicted octanol–water partition coefficient (Wildman–Crippen LogP) is 7.87. The van der Waals surface area contributed by atoms with Gasteiger partial charge in [-0.2, -0.15) is 0 Å². The molecule has 262 valence electrons. The van der Waals surface area contributed by atoms with E-state index in [9.17, 15) is 4.79 Å². The third-order valence-electron chi connectivity index (χ3n) is 10.6. The van der Waals surface area contributed by atoms with Gasteiger partial charge in [-0.1, -0.05) is 83.9 Å². The van der Waals surface area contributed by atoms with Crippen LogP contribution in [0.4, 0.5) is 0 Å². The van der Waals surface area contributed by atoms with E-state index in [1.54, 1.807) is 25.4 Å². The maximum atomic E-state index is 13.6. The maximum Gasteiger partial charge on any atom is 0.232 e. The zero-order valence-electron chi connectivity index (χ0n) is 28.2. The SMILES string of the molecule is COc1ccccc1C(=O)c1nccn1CC(CC[N+]12CCC(c3ccc4ccccc4c3)(CC1)CC2)c1ccc(Cl)c(Cl)c1.CS(=O)(=O)[O-]. The van der Waals surface area contributed by atoms with Crippen molar-refractivity contribution in [3.63, 3.8) is 0 Å². The van der Waals surface area contributed by atoms with Gasteiger partial charge in [-0.25, -0.2) is 13.4 Å². The lowest BCUT2D eigenvalue weighted by Gasteiger charge is -2.55. The summed E-state index contributed by atoms with van der Waals surface area (Å²) in [6.07, 6.45) is 8.86. The van der Waals surface area contributed by atoms with Crippen LogP contribution in [0, 0.1) is 0 Å². The van der Waals surface area contributed by atoms with E-state index < -0.39 is 10.1 Å². The largest absolute Gasteiger partial charge is 0.748 e. The molecule has 3 aliphatic heterocycles. The fourth-order valence-corrected chi connectivity index (χ4v) is 8.07. The summed E-state index contributed by atoms with van der Waals surface area (Å²) < 4.78 is 35.9. The van der Waals surface area contributed by atoms with Crippen molar-refractivity contribution in [3.05, 3.63) is 130 Å². The average molecular weight is 735 g/mol. The van der Waals surface area contributed by atoms with Crippen LogP contribution in [0.1, 0.15) is 58.9 Å². The van der Waals surface area contributed by atoms with E-state index in [2.05, 4.69) is 53.5 Å². The van der Waals surface area contributed by atoms with Gasteiger partial charge >= 0.3 is 0 Å². The standard InChI is InChI=1S/C38H38Cl2N3O2.CH4O3S/c1-45-35-9-5-4-8-32(35)36(44)37-41-18-19-42(37)26-30(29-11-13-33(39)34(40)25-29)14-20-43-21-15-38(16-22-43,17-23-43)31-12-10-27-6-2-3-7-28(27)24-31;1-5(2,3)4/h2-13,18-19,24-25,30H,14-17,20-23,26H2,1H3;1H3,(H,2,3,4)/q+1;/p-1. The van der Waals surface area contributed by atoms with Gasteiger partial charge in [-0.3, -0.25) is 4.79 Å². The Balaban J connectivity index is 0.000000808. The van der Waals surface area contributed by atoms with Crippen LogP contribution in [0.3, 0.4) is 0 Å². The Morgan fingerprint density at radius 2 is 1.60 bits per heavy atom. The van der Waals surface area contributed by atoms with Crippen LogP contribution in [-0.2, 0) is 22.1 Å². The highest BCUT2D eigenvalue weighted by atomic mass is 35.5. The van der Waals surface area contributed by atoms with Crippen LogP contribution < -0.4 is 4.74 Å². The molecular formula is C39H41Cl2N3O5S. The summed E-state index contributed by atoms with van der Waals surface area (Å²) in [5.74, 6) is 0.945. The van der Waals surface area contributed by atoms with Crippen molar-refractivity contribution in [3.8, 4) is 5.75 Å². The first-order chi connectivity index (χ1) is 23.9. The normalized spacial score (nSPS) is 20.6. The number of aromatic nitrogens is 2. The summed E-state index contributed by atoms with van der Waals surface area (Å²) in [5, 5.41) is 3.76. The van der Waals surface area contributed by atoms with Crippen molar-refractivity contribution in [1.82, 2.24) is 9.55 Å². The zero-order chi connectivity index (χ0) is 35.5. The number of para-hydroxylation sites is 1. The summed E-state index contributed by atoms with van der Waals surface area (Å²) in [6, 6.07) is 29.1. The number of nitrogens with zero attached hydrogens (tertiary/aromatic N) is 3. The minimum atomic E-state index is -3.92. The Hall–Kier alpha value is -3.73. The molecular weight excluding hydrogens is 693 g/mol. The molecule has 0 radical (unpaired) electrons. The minimum Gasteiger partial charge on any atom is -0.748 e. The van der Waals surface area contributed by atoms with E-state index in [4.69, 9.17) is 40.9 Å². The number of hydrogen-bond donors (Lipinski definition) is 0. The molecule has 4 aromatic carbocycles. The number of halogens is 2. The fourth-order valence-electron chi connectivity index (χ4n) is 7.77. The number of ketones is 1. The second kappa shape index (κ2) is 14.9. The smallest absolute Gasteiger partial charge is 0.232 e. The molecule has 0 amide bonds. The van der Waals surface area contributed by atoms with Crippen LogP contribution >= 0.6 is 23.2 Å². The van der Waals surface area contributed by atoms with Crippen molar-refractivity contribution >= 4 is 49.9 Å². The van der Waals surface area contributed by atoms with E-state index in [1.807, 2.05) is 35.0 Å². The van der Waals surface area contributed by atoms with Crippen LogP contribution in [-0.4, -0.2) is 72.3 Å². The van der Waals surface area contributed by atoms with Gasteiger partial charge in [0.25, 0.3) is 0 Å². The Bertz CT molecular complexity index is 2080. The maximum absolute atomic E-state index is 13.6. The summed E-state index contributed by atoms with van der Waals surface area (Å²) in [7, 11) is -2.33. The molecule has 0 saturated carbocycles. The lowest BCUT2D eigenvalue weighted by atomic mass is 9.66. The molecule has 11 heteroatoms. The Labute approximate surface area is 304 Å². The molecule has 50 heavy (non-hydrogen) atoms.